The monoisotopic (exact) mass is 441 g/mol. The van der Waals surface area contributed by atoms with Crippen LogP contribution in [0.3, 0.4) is 0 Å². The van der Waals surface area contributed by atoms with Crippen molar-refractivity contribution >= 4 is 23.2 Å². The average molecular weight is 442 g/mol. The maximum Gasteiger partial charge on any atom is 0.264 e. The molecular formula is C24H31N3O3S. The van der Waals surface area contributed by atoms with Crippen LogP contribution in [0.2, 0.25) is 0 Å². The standard InChI is InChI=1S/C24H31N3O3S/c1-30-20-10-8-19(9-11-20)21-6-3-2-4-12-27(21)18-23(28)25-13-15-26(16-14-25)24(29)22-7-5-17-31-22/h5,7-11,17,21H,2-4,6,12-16,18H2,1H3/t21-/m1/s1. The topological polar surface area (TPSA) is 53.1 Å². The second-order valence-electron chi connectivity index (χ2n) is 8.26. The molecule has 2 aliphatic heterocycles. The molecule has 4 rings (SSSR count). The fourth-order valence-corrected chi connectivity index (χ4v) is 5.24. The third-order valence-electron chi connectivity index (χ3n) is 6.35. The van der Waals surface area contributed by atoms with Gasteiger partial charge in [-0.25, -0.2) is 0 Å². The van der Waals surface area contributed by atoms with Gasteiger partial charge in [0.15, 0.2) is 0 Å². The van der Waals surface area contributed by atoms with Crippen molar-refractivity contribution in [2.45, 2.75) is 31.7 Å². The summed E-state index contributed by atoms with van der Waals surface area (Å²) in [7, 11) is 1.68. The first kappa shape index (κ1) is 21.8. The third kappa shape index (κ3) is 5.28. The summed E-state index contributed by atoms with van der Waals surface area (Å²) < 4.78 is 5.30. The molecule has 0 bridgehead atoms. The van der Waals surface area contributed by atoms with Crippen molar-refractivity contribution in [3.8, 4) is 5.75 Å². The van der Waals surface area contributed by atoms with Crippen molar-refractivity contribution in [3.05, 3.63) is 52.2 Å². The number of carbonyl (C=O) groups excluding carboxylic acids is 2. The fourth-order valence-electron chi connectivity index (χ4n) is 4.55. The van der Waals surface area contributed by atoms with E-state index in [0.29, 0.717) is 32.7 Å². The van der Waals surface area contributed by atoms with Crippen molar-refractivity contribution in [2.24, 2.45) is 0 Å². The van der Waals surface area contributed by atoms with E-state index in [1.807, 2.05) is 39.4 Å². The summed E-state index contributed by atoms with van der Waals surface area (Å²) in [6.45, 7) is 3.80. The lowest BCUT2D eigenvalue weighted by atomic mass is 10.0. The van der Waals surface area contributed by atoms with Crippen LogP contribution in [-0.4, -0.2) is 72.9 Å². The maximum absolute atomic E-state index is 13.1. The molecule has 0 saturated carbocycles. The van der Waals surface area contributed by atoms with Crippen molar-refractivity contribution in [3.63, 3.8) is 0 Å². The number of benzene rings is 1. The van der Waals surface area contributed by atoms with Gasteiger partial charge in [-0.15, -0.1) is 11.3 Å². The third-order valence-corrected chi connectivity index (χ3v) is 7.21. The highest BCUT2D eigenvalue weighted by Crippen LogP contribution is 2.31. The highest BCUT2D eigenvalue weighted by molar-refractivity contribution is 7.12. The summed E-state index contributed by atoms with van der Waals surface area (Å²) >= 11 is 1.47. The minimum Gasteiger partial charge on any atom is -0.497 e. The van der Waals surface area contributed by atoms with Gasteiger partial charge in [-0.2, -0.15) is 0 Å². The van der Waals surface area contributed by atoms with Crippen molar-refractivity contribution < 1.29 is 14.3 Å². The number of methoxy groups -OCH3 is 1. The molecule has 166 valence electrons. The van der Waals surface area contributed by atoms with E-state index in [-0.39, 0.29) is 17.9 Å². The maximum atomic E-state index is 13.1. The number of hydrogen-bond acceptors (Lipinski definition) is 5. The van der Waals surface area contributed by atoms with E-state index in [2.05, 4.69) is 17.0 Å². The predicted molar refractivity (Wildman–Crippen MR) is 123 cm³/mol. The first-order chi connectivity index (χ1) is 15.2. The van der Waals surface area contributed by atoms with E-state index >= 15 is 0 Å². The number of likely N-dealkylation sites (tertiary alicyclic amines) is 1. The molecule has 0 spiro atoms. The van der Waals surface area contributed by atoms with E-state index < -0.39 is 0 Å². The van der Waals surface area contributed by atoms with Crippen molar-refractivity contribution in [1.82, 2.24) is 14.7 Å². The Kier molecular flexibility index (Phi) is 7.25. The molecule has 1 atom stereocenters. The Labute approximate surface area is 188 Å². The Balaban J connectivity index is 1.36. The quantitative estimate of drug-likeness (QED) is 0.711. The minimum atomic E-state index is 0.0780. The number of amides is 2. The lowest BCUT2D eigenvalue weighted by Crippen LogP contribution is -2.52. The van der Waals surface area contributed by atoms with E-state index in [4.69, 9.17) is 4.74 Å². The zero-order valence-electron chi connectivity index (χ0n) is 18.2. The normalized spacial score (nSPS) is 20.4. The Morgan fingerprint density at radius 2 is 1.71 bits per heavy atom. The molecule has 1 aromatic heterocycles. The van der Waals surface area contributed by atoms with Crippen LogP contribution < -0.4 is 4.74 Å². The van der Waals surface area contributed by atoms with E-state index in [1.54, 1.807) is 7.11 Å². The average Bonchev–Trinajstić information content (AvgIpc) is 3.26. The largest absolute Gasteiger partial charge is 0.497 e. The second-order valence-corrected chi connectivity index (χ2v) is 9.21. The Hall–Kier alpha value is -2.38. The molecule has 6 nitrogen and oxygen atoms in total. The van der Waals surface area contributed by atoms with E-state index in [1.165, 1.54) is 29.7 Å². The van der Waals surface area contributed by atoms with Gasteiger partial charge >= 0.3 is 0 Å². The summed E-state index contributed by atoms with van der Waals surface area (Å²) in [5, 5.41) is 1.92. The molecule has 0 N–H and O–H groups in total. The number of nitrogens with zero attached hydrogens (tertiary/aromatic N) is 3. The lowest BCUT2D eigenvalue weighted by Gasteiger charge is -2.37. The van der Waals surface area contributed by atoms with Crippen LogP contribution in [0.4, 0.5) is 0 Å². The molecule has 0 radical (unpaired) electrons. The molecule has 7 heteroatoms. The van der Waals surface area contributed by atoms with Crippen LogP contribution >= 0.6 is 11.3 Å². The molecule has 2 fully saturated rings. The number of rotatable bonds is 5. The molecule has 2 amide bonds. The van der Waals surface area contributed by atoms with Gasteiger partial charge in [-0.1, -0.05) is 31.0 Å². The first-order valence-electron chi connectivity index (χ1n) is 11.1. The number of hydrogen-bond donors (Lipinski definition) is 0. The van der Waals surface area contributed by atoms with Gasteiger partial charge in [0.2, 0.25) is 5.91 Å². The first-order valence-corrected chi connectivity index (χ1v) is 12.0. The zero-order valence-corrected chi connectivity index (χ0v) is 19.0. The van der Waals surface area contributed by atoms with Crippen molar-refractivity contribution in [1.29, 1.82) is 0 Å². The van der Waals surface area contributed by atoms with Gasteiger partial charge < -0.3 is 14.5 Å². The van der Waals surface area contributed by atoms with Crippen LogP contribution in [0.25, 0.3) is 0 Å². The number of ether oxygens (including phenoxy) is 1. The van der Waals surface area contributed by atoms with Crippen LogP contribution in [0.5, 0.6) is 5.75 Å². The predicted octanol–water partition coefficient (Wildman–Crippen LogP) is 3.66. The summed E-state index contributed by atoms with van der Waals surface area (Å²) in [5.41, 5.74) is 1.25. The summed E-state index contributed by atoms with van der Waals surface area (Å²) in [6.07, 6.45) is 4.59. The summed E-state index contributed by atoms with van der Waals surface area (Å²) in [5.74, 6) is 1.10. The molecule has 2 aliphatic rings. The molecule has 2 saturated heterocycles. The van der Waals surface area contributed by atoms with Crippen LogP contribution in [-0.2, 0) is 4.79 Å². The Bertz CT molecular complexity index is 861. The number of thiophene rings is 1. The molecule has 1 aromatic carbocycles. The van der Waals surface area contributed by atoms with Gasteiger partial charge in [-0.05, 0) is 48.5 Å². The van der Waals surface area contributed by atoms with Gasteiger partial charge in [-0.3, -0.25) is 14.5 Å². The van der Waals surface area contributed by atoms with Gasteiger partial charge in [0.1, 0.15) is 5.75 Å². The van der Waals surface area contributed by atoms with Crippen molar-refractivity contribution in [2.75, 3.05) is 46.4 Å². The Morgan fingerprint density at radius 1 is 0.968 bits per heavy atom. The number of carbonyl (C=O) groups is 2. The van der Waals surface area contributed by atoms with Crippen LogP contribution in [0, 0.1) is 0 Å². The second kappa shape index (κ2) is 10.3. The fraction of sp³-hybridized carbons (Fsp3) is 0.500. The smallest absolute Gasteiger partial charge is 0.264 e. The molecular weight excluding hydrogens is 410 g/mol. The summed E-state index contributed by atoms with van der Waals surface area (Å²) in [6, 6.07) is 12.3. The SMILES string of the molecule is COc1ccc([C@H]2CCCCCN2CC(=O)N2CCN(C(=O)c3cccs3)CC2)cc1. The highest BCUT2D eigenvalue weighted by Gasteiger charge is 2.29. The molecule has 3 heterocycles. The minimum absolute atomic E-state index is 0.0780. The molecule has 31 heavy (non-hydrogen) atoms. The van der Waals surface area contributed by atoms with E-state index in [9.17, 15) is 9.59 Å². The van der Waals surface area contributed by atoms with Gasteiger partial charge in [0, 0.05) is 32.2 Å². The lowest BCUT2D eigenvalue weighted by molar-refractivity contribution is -0.134. The van der Waals surface area contributed by atoms with Gasteiger partial charge in [0.25, 0.3) is 5.91 Å². The number of piperazine rings is 1. The van der Waals surface area contributed by atoms with Crippen LogP contribution in [0.15, 0.2) is 41.8 Å². The van der Waals surface area contributed by atoms with E-state index in [0.717, 1.165) is 30.0 Å². The van der Waals surface area contributed by atoms with Gasteiger partial charge in [0.05, 0.1) is 18.5 Å². The molecule has 2 aromatic rings. The Morgan fingerprint density at radius 3 is 2.39 bits per heavy atom. The molecule has 0 aliphatic carbocycles. The summed E-state index contributed by atoms with van der Waals surface area (Å²) in [4.78, 5) is 32.6. The zero-order chi connectivity index (χ0) is 21.6. The highest BCUT2D eigenvalue weighted by atomic mass is 32.1. The van der Waals surface area contributed by atoms with Crippen LogP contribution in [0.1, 0.15) is 47.0 Å². The molecule has 0 unspecified atom stereocenters.